The molecule has 0 saturated carbocycles. The number of carbonyl (C=O) groups excluding carboxylic acids is 1. The van der Waals surface area contributed by atoms with Gasteiger partial charge < -0.3 is 10.6 Å². The molecule has 1 fully saturated rings. The van der Waals surface area contributed by atoms with E-state index in [0.29, 0.717) is 19.0 Å². The van der Waals surface area contributed by atoms with Gasteiger partial charge in [0, 0.05) is 18.5 Å². The van der Waals surface area contributed by atoms with Crippen LogP contribution in [0.15, 0.2) is 0 Å². The number of aromatic amines is 1. The van der Waals surface area contributed by atoms with Crippen LogP contribution in [0.4, 0.5) is 0 Å². The van der Waals surface area contributed by atoms with Crippen LogP contribution in [0.1, 0.15) is 56.0 Å². The Morgan fingerprint density at radius 3 is 2.84 bits per heavy atom. The van der Waals surface area contributed by atoms with Gasteiger partial charge in [0.15, 0.2) is 0 Å². The van der Waals surface area contributed by atoms with Gasteiger partial charge in [-0.3, -0.25) is 9.89 Å². The third-order valence-corrected chi connectivity index (χ3v) is 3.81. The number of carbonyl (C=O) groups is 1. The Labute approximate surface area is 113 Å². The minimum absolute atomic E-state index is 0.0891. The fourth-order valence-electron chi connectivity index (χ4n) is 2.41. The molecule has 3 N–H and O–H groups in total. The number of nitrogens with two attached hydrogens (primary N) is 1. The molecule has 0 aliphatic carbocycles. The first-order valence-corrected chi connectivity index (χ1v) is 6.96. The number of nitrogens with zero attached hydrogens (tertiary/aromatic N) is 3. The molecule has 1 amide bonds. The van der Waals surface area contributed by atoms with Crippen molar-refractivity contribution in [1.82, 2.24) is 20.1 Å². The van der Waals surface area contributed by atoms with Gasteiger partial charge in [-0.15, -0.1) is 5.10 Å². The molecule has 2 unspecified atom stereocenters. The molecule has 1 saturated heterocycles. The molecule has 6 nitrogen and oxygen atoms in total. The summed E-state index contributed by atoms with van der Waals surface area (Å²) >= 11 is 0. The Balaban J connectivity index is 2.12. The molecule has 1 aromatic rings. The van der Waals surface area contributed by atoms with Gasteiger partial charge in [0.2, 0.25) is 5.82 Å². The summed E-state index contributed by atoms with van der Waals surface area (Å²) in [6, 6.07) is 0.233. The summed E-state index contributed by atoms with van der Waals surface area (Å²) in [5.41, 5.74) is 5.72. The first kappa shape index (κ1) is 14.0. The number of likely N-dealkylation sites (tertiary alicyclic amines) is 1. The zero-order valence-corrected chi connectivity index (χ0v) is 11.9. The predicted octanol–water partition coefficient (Wildman–Crippen LogP) is 1.13. The second kappa shape index (κ2) is 5.69. The van der Waals surface area contributed by atoms with Gasteiger partial charge in [0.05, 0.1) is 0 Å². The summed E-state index contributed by atoms with van der Waals surface area (Å²) in [4.78, 5) is 18.6. The van der Waals surface area contributed by atoms with Gasteiger partial charge in [-0.2, -0.15) is 0 Å². The van der Waals surface area contributed by atoms with Crippen molar-refractivity contribution in [2.24, 2.45) is 11.7 Å². The summed E-state index contributed by atoms with van der Waals surface area (Å²) in [5, 5.41) is 6.87. The van der Waals surface area contributed by atoms with E-state index in [4.69, 9.17) is 5.73 Å². The standard InChI is InChI=1S/C13H23N5O/c1-8(2)11-15-12(17-16-11)13(19)18-7-10(6-14)5-4-9(18)3/h8-10H,4-7,14H2,1-3H3,(H,15,16,17). The van der Waals surface area contributed by atoms with E-state index in [-0.39, 0.29) is 23.7 Å². The number of aromatic nitrogens is 3. The third-order valence-electron chi connectivity index (χ3n) is 3.81. The Kier molecular flexibility index (Phi) is 4.19. The van der Waals surface area contributed by atoms with Crippen LogP contribution in [0, 0.1) is 5.92 Å². The first-order valence-electron chi connectivity index (χ1n) is 6.96. The second-order valence-electron chi connectivity index (χ2n) is 5.68. The molecular formula is C13H23N5O. The van der Waals surface area contributed by atoms with Crippen LogP contribution in [0.3, 0.4) is 0 Å². The summed E-state index contributed by atoms with van der Waals surface area (Å²) in [7, 11) is 0. The van der Waals surface area contributed by atoms with Gasteiger partial charge in [-0.25, -0.2) is 4.98 Å². The molecule has 0 spiro atoms. The van der Waals surface area contributed by atoms with Crippen LogP contribution < -0.4 is 5.73 Å². The van der Waals surface area contributed by atoms with E-state index >= 15 is 0 Å². The minimum Gasteiger partial charge on any atom is -0.333 e. The zero-order chi connectivity index (χ0) is 14.0. The number of hydrogen-bond donors (Lipinski definition) is 2. The van der Waals surface area contributed by atoms with Crippen molar-refractivity contribution >= 4 is 5.91 Å². The molecule has 1 aliphatic heterocycles. The van der Waals surface area contributed by atoms with Gasteiger partial charge in [0.25, 0.3) is 5.91 Å². The van der Waals surface area contributed by atoms with Gasteiger partial charge in [0.1, 0.15) is 5.82 Å². The first-order chi connectivity index (χ1) is 9.02. The quantitative estimate of drug-likeness (QED) is 0.857. The van der Waals surface area contributed by atoms with E-state index in [9.17, 15) is 4.79 Å². The van der Waals surface area contributed by atoms with Crippen molar-refractivity contribution in [1.29, 1.82) is 0 Å². The molecule has 2 rings (SSSR count). The predicted molar refractivity (Wildman–Crippen MR) is 72.7 cm³/mol. The average Bonchev–Trinajstić information content (AvgIpc) is 2.88. The van der Waals surface area contributed by atoms with E-state index in [0.717, 1.165) is 18.7 Å². The largest absolute Gasteiger partial charge is 0.333 e. The van der Waals surface area contributed by atoms with Gasteiger partial charge >= 0.3 is 0 Å². The molecule has 19 heavy (non-hydrogen) atoms. The number of nitrogens with one attached hydrogen (secondary N) is 1. The van der Waals surface area contributed by atoms with Crippen molar-refractivity contribution in [2.45, 2.75) is 45.6 Å². The van der Waals surface area contributed by atoms with Crippen LogP contribution in [-0.4, -0.2) is 45.1 Å². The lowest BCUT2D eigenvalue weighted by molar-refractivity contribution is 0.0554. The van der Waals surface area contributed by atoms with Gasteiger partial charge in [-0.1, -0.05) is 13.8 Å². The summed E-state index contributed by atoms with van der Waals surface area (Å²) in [5.74, 6) is 1.57. The van der Waals surface area contributed by atoms with Crippen molar-refractivity contribution in [2.75, 3.05) is 13.1 Å². The molecular weight excluding hydrogens is 242 g/mol. The minimum atomic E-state index is -0.0891. The monoisotopic (exact) mass is 265 g/mol. The summed E-state index contributed by atoms with van der Waals surface area (Å²) in [6.07, 6.45) is 2.09. The third kappa shape index (κ3) is 2.94. The number of piperidine rings is 1. The lowest BCUT2D eigenvalue weighted by Crippen LogP contribution is -2.47. The lowest BCUT2D eigenvalue weighted by Gasteiger charge is -2.37. The van der Waals surface area contributed by atoms with Crippen molar-refractivity contribution in [3.63, 3.8) is 0 Å². The molecule has 106 valence electrons. The van der Waals surface area contributed by atoms with Gasteiger partial charge in [-0.05, 0) is 32.2 Å². The fraction of sp³-hybridized carbons (Fsp3) is 0.769. The maximum atomic E-state index is 12.4. The van der Waals surface area contributed by atoms with Crippen LogP contribution in [0.5, 0.6) is 0 Å². The van der Waals surface area contributed by atoms with Crippen molar-refractivity contribution in [3.05, 3.63) is 11.6 Å². The van der Waals surface area contributed by atoms with E-state index in [1.54, 1.807) is 0 Å². The van der Waals surface area contributed by atoms with E-state index < -0.39 is 0 Å². The van der Waals surface area contributed by atoms with E-state index in [1.165, 1.54) is 0 Å². The highest BCUT2D eigenvalue weighted by Gasteiger charge is 2.30. The Morgan fingerprint density at radius 1 is 1.53 bits per heavy atom. The molecule has 0 radical (unpaired) electrons. The zero-order valence-electron chi connectivity index (χ0n) is 11.9. The topological polar surface area (TPSA) is 87.9 Å². The van der Waals surface area contributed by atoms with Crippen LogP contribution >= 0.6 is 0 Å². The highest BCUT2D eigenvalue weighted by molar-refractivity contribution is 5.90. The van der Waals surface area contributed by atoms with Crippen molar-refractivity contribution in [3.8, 4) is 0 Å². The Hall–Kier alpha value is -1.43. The molecule has 1 aromatic heterocycles. The van der Waals surface area contributed by atoms with Crippen molar-refractivity contribution < 1.29 is 4.79 Å². The molecule has 0 bridgehead atoms. The SMILES string of the molecule is CC(C)c1nc(C(=O)N2CC(CN)CCC2C)n[nH]1. The maximum Gasteiger partial charge on any atom is 0.293 e. The number of H-pyrrole nitrogens is 1. The number of hydrogen-bond acceptors (Lipinski definition) is 4. The molecule has 6 heteroatoms. The lowest BCUT2D eigenvalue weighted by atomic mass is 9.93. The van der Waals surface area contributed by atoms with Crippen LogP contribution in [-0.2, 0) is 0 Å². The Bertz CT molecular complexity index is 442. The van der Waals surface area contributed by atoms with Crippen LogP contribution in [0.2, 0.25) is 0 Å². The molecule has 2 heterocycles. The average molecular weight is 265 g/mol. The molecule has 2 atom stereocenters. The van der Waals surface area contributed by atoms with Crippen LogP contribution in [0.25, 0.3) is 0 Å². The van der Waals surface area contributed by atoms with E-state index in [2.05, 4.69) is 22.1 Å². The highest BCUT2D eigenvalue weighted by atomic mass is 16.2. The molecule has 1 aliphatic rings. The highest BCUT2D eigenvalue weighted by Crippen LogP contribution is 2.22. The van der Waals surface area contributed by atoms with E-state index in [1.807, 2.05) is 18.7 Å². The number of rotatable bonds is 3. The smallest absolute Gasteiger partial charge is 0.293 e. The summed E-state index contributed by atoms with van der Waals surface area (Å²) < 4.78 is 0. The fourth-order valence-corrected chi connectivity index (χ4v) is 2.41. The second-order valence-corrected chi connectivity index (χ2v) is 5.68. The Morgan fingerprint density at radius 2 is 2.26 bits per heavy atom. The normalized spacial score (nSPS) is 23.9. The number of amides is 1. The summed E-state index contributed by atoms with van der Waals surface area (Å²) in [6.45, 7) is 7.44. The maximum absolute atomic E-state index is 12.4. The molecule has 0 aromatic carbocycles.